The van der Waals surface area contributed by atoms with Gasteiger partial charge >= 0.3 is 0 Å². The van der Waals surface area contributed by atoms with E-state index in [1.165, 1.54) is 0 Å². The molecule has 0 unspecified atom stereocenters. The SMILES string of the molecule is CCCCc1cccc([SH](=O)=O)c1. The Morgan fingerprint density at radius 3 is 2.69 bits per heavy atom. The summed E-state index contributed by atoms with van der Waals surface area (Å²) in [4.78, 5) is 0.420. The van der Waals surface area contributed by atoms with Gasteiger partial charge in [-0.3, -0.25) is 0 Å². The van der Waals surface area contributed by atoms with E-state index < -0.39 is 10.7 Å². The van der Waals surface area contributed by atoms with Crippen LogP contribution in [0.4, 0.5) is 0 Å². The molecule has 0 radical (unpaired) electrons. The average molecular weight is 198 g/mol. The van der Waals surface area contributed by atoms with Crippen molar-refractivity contribution in [2.75, 3.05) is 0 Å². The summed E-state index contributed by atoms with van der Waals surface area (Å²) in [7, 11) is -2.43. The molecule has 0 spiro atoms. The molecule has 0 N–H and O–H groups in total. The maximum absolute atomic E-state index is 10.7. The van der Waals surface area contributed by atoms with Gasteiger partial charge in [0, 0.05) is 0 Å². The molecule has 0 aliphatic carbocycles. The predicted molar refractivity (Wildman–Crippen MR) is 53.6 cm³/mol. The van der Waals surface area contributed by atoms with Crippen LogP contribution in [0.2, 0.25) is 0 Å². The minimum Gasteiger partial charge on any atom is -0.227 e. The van der Waals surface area contributed by atoms with Crippen LogP contribution in [0.15, 0.2) is 29.2 Å². The van der Waals surface area contributed by atoms with E-state index in [0.717, 1.165) is 24.8 Å². The van der Waals surface area contributed by atoms with Crippen LogP contribution >= 0.6 is 0 Å². The van der Waals surface area contributed by atoms with Crippen LogP contribution < -0.4 is 0 Å². The van der Waals surface area contributed by atoms with E-state index in [-0.39, 0.29) is 0 Å². The molecule has 0 fully saturated rings. The molecule has 0 bridgehead atoms. The van der Waals surface area contributed by atoms with Crippen molar-refractivity contribution in [3.8, 4) is 0 Å². The third-order valence-electron chi connectivity index (χ3n) is 1.94. The van der Waals surface area contributed by atoms with Gasteiger partial charge in [-0.05, 0) is 30.5 Å². The molecule has 13 heavy (non-hydrogen) atoms. The lowest BCUT2D eigenvalue weighted by molar-refractivity contribution is 0.614. The zero-order valence-electron chi connectivity index (χ0n) is 7.69. The number of aryl methyl sites for hydroxylation is 1. The molecule has 0 aliphatic rings. The van der Waals surface area contributed by atoms with E-state index in [2.05, 4.69) is 6.92 Å². The zero-order valence-corrected chi connectivity index (χ0v) is 8.59. The van der Waals surface area contributed by atoms with E-state index in [0.29, 0.717) is 4.90 Å². The van der Waals surface area contributed by atoms with Crippen molar-refractivity contribution in [2.24, 2.45) is 0 Å². The van der Waals surface area contributed by atoms with Gasteiger partial charge in [0.15, 0.2) is 10.7 Å². The zero-order chi connectivity index (χ0) is 9.68. The summed E-state index contributed by atoms with van der Waals surface area (Å²) in [5.74, 6) is 0. The summed E-state index contributed by atoms with van der Waals surface area (Å²) in [6, 6.07) is 7.14. The highest BCUT2D eigenvalue weighted by atomic mass is 32.2. The van der Waals surface area contributed by atoms with Gasteiger partial charge in [0.2, 0.25) is 0 Å². The Labute approximate surface area is 80.5 Å². The van der Waals surface area contributed by atoms with Crippen molar-refractivity contribution >= 4 is 10.7 Å². The molecule has 3 heteroatoms. The maximum atomic E-state index is 10.7. The molecule has 0 heterocycles. The first-order valence-corrected chi connectivity index (χ1v) is 5.65. The van der Waals surface area contributed by atoms with Crippen LogP contribution in [0.1, 0.15) is 25.3 Å². The van der Waals surface area contributed by atoms with Crippen LogP contribution in [0.25, 0.3) is 0 Å². The second-order valence-corrected chi connectivity index (χ2v) is 4.06. The number of thiol groups is 1. The Kier molecular flexibility index (Phi) is 3.96. The molecule has 1 aromatic carbocycles. The van der Waals surface area contributed by atoms with Gasteiger partial charge in [-0.25, -0.2) is 8.42 Å². The van der Waals surface area contributed by atoms with Crippen molar-refractivity contribution in [3.63, 3.8) is 0 Å². The first kappa shape index (κ1) is 10.3. The molecule has 1 aromatic rings. The lowest BCUT2D eigenvalue weighted by atomic mass is 10.1. The predicted octanol–water partition coefficient (Wildman–Crippen LogP) is 2.00. The molecule has 0 atom stereocenters. The summed E-state index contributed by atoms with van der Waals surface area (Å²) >= 11 is 0. The van der Waals surface area contributed by atoms with E-state index in [4.69, 9.17) is 0 Å². The van der Waals surface area contributed by atoms with Gasteiger partial charge in [0.1, 0.15) is 0 Å². The Morgan fingerprint density at radius 2 is 2.08 bits per heavy atom. The van der Waals surface area contributed by atoms with Crippen LogP contribution in [0.3, 0.4) is 0 Å². The molecule has 1 rings (SSSR count). The Hall–Kier alpha value is -0.830. The van der Waals surface area contributed by atoms with E-state index in [9.17, 15) is 8.42 Å². The molecule has 2 nitrogen and oxygen atoms in total. The smallest absolute Gasteiger partial charge is 0.168 e. The normalized spacial score (nSPS) is 10.6. The van der Waals surface area contributed by atoms with Crippen LogP contribution in [0.5, 0.6) is 0 Å². The first-order valence-electron chi connectivity index (χ1n) is 4.47. The summed E-state index contributed by atoms with van der Waals surface area (Å²) in [6.07, 6.45) is 3.21. The number of hydrogen-bond donors (Lipinski definition) is 1. The van der Waals surface area contributed by atoms with Crippen molar-refractivity contribution in [1.29, 1.82) is 0 Å². The Bertz CT molecular complexity index is 335. The molecule has 72 valence electrons. The lowest BCUT2D eigenvalue weighted by Crippen LogP contribution is -1.87. The van der Waals surface area contributed by atoms with E-state index in [1.54, 1.807) is 18.2 Å². The minimum atomic E-state index is -2.43. The molecule has 0 saturated heterocycles. The van der Waals surface area contributed by atoms with Crippen LogP contribution in [0, 0.1) is 0 Å². The first-order chi connectivity index (χ1) is 6.24. The Balaban J connectivity index is 2.79. The molecular weight excluding hydrogens is 184 g/mol. The number of hydrogen-bond acceptors (Lipinski definition) is 2. The van der Waals surface area contributed by atoms with Crippen molar-refractivity contribution in [1.82, 2.24) is 0 Å². The summed E-state index contributed by atoms with van der Waals surface area (Å²) < 4.78 is 21.3. The van der Waals surface area contributed by atoms with Gasteiger partial charge in [0.05, 0.1) is 4.90 Å². The quantitative estimate of drug-likeness (QED) is 0.751. The Morgan fingerprint density at radius 1 is 1.31 bits per heavy atom. The van der Waals surface area contributed by atoms with Crippen LogP contribution in [-0.4, -0.2) is 8.42 Å². The van der Waals surface area contributed by atoms with Crippen LogP contribution in [-0.2, 0) is 17.1 Å². The third-order valence-corrected chi connectivity index (χ3v) is 2.64. The van der Waals surface area contributed by atoms with Gasteiger partial charge < -0.3 is 0 Å². The second kappa shape index (κ2) is 5.02. The lowest BCUT2D eigenvalue weighted by Gasteiger charge is -1.99. The summed E-state index contributed by atoms with van der Waals surface area (Å²) in [6.45, 7) is 2.12. The van der Waals surface area contributed by atoms with Crippen molar-refractivity contribution in [2.45, 2.75) is 31.1 Å². The monoisotopic (exact) mass is 198 g/mol. The topological polar surface area (TPSA) is 34.1 Å². The van der Waals surface area contributed by atoms with Gasteiger partial charge in [-0.1, -0.05) is 25.5 Å². The highest BCUT2D eigenvalue weighted by Gasteiger charge is 1.96. The largest absolute Gasteiger partial charge is 0.227 e. The standard InChI is InChI=1S/C10H14O2S/c1-2-3-5-9-6-4-7-10(8-9)13(11)12/h4,6-8,13H,2-3,5H2,1H3. The molecule has 0 amide bonds. The fraction of sp³-hybridized carbons (Fsp3) is 0.400. The molecular formula is C10H14O2S. The van der Waals surface area contributed by atoms with Crippen molar-refractivity contribution < 1.29 is 8.42 Å². The van der Waals surface area contributed by atoms with Gasteiger partial charge in [0.25, 0.3) is 0 Å². The van der Waals surface area contributed by atoms with Gasteiger partial charge in [-0.2, -0.15) is 0 Å². The van der Waals surface area contributed by atoms with E-state index >= 15 is 0 Å². The molecule has 0 aliphatic heterocycles. The molecule has 0 saturated carbocycles. The number of unbranched alkanes of at least 4 members (excludes halogenated alkanes) is 1. The fourth-order valence-electron chi connectivity index (χ4n) is 1.21. The highest BCUT2D eigenvalue weighted by molar-refractivity contribution is 7.72. The fourth-order valence-corrected chi connectivity index (χ4v) is 1.69. The maximum Gasteiger partial charge on any atom is 0.168 e. The summed E-state index contributed by atoms with van der Waals surface area (Å²) in [5, 5.41) is 0. The minimum absolute atomic E-state index is 0.420. The highest BCUT2D eigenvalue weighted by Crippen LogP contribution is 2.09. The van der Waals surface area contributed by atoms with E-state index in [1.807, 2.05) is 6.07 Å². The number of rotatable bonds is 4. The second-order valence-electron chi connectivity index (χ2n) is 3.03. The average Bonchev–Trinajstić information content (AvgIpc) is 2.15. The van der Waals surface area contributed by atoms with Gasteiger partial charge in [-0.15, -0.1) is 0 Å². The van der Waals surface area contributed by atoms with Crippen molar-refractivity contribution in [3.05, 3.63) is 29.8 Å². The number of benzene rings is 1. The summed E-state index contributed by atoms with van der Waals surface area (Å²) in [5.41, 5.74) is 1.11. The third kappa shape index (κ3) is 3.19. The molecule has 0 aromatic heterocycles.